The van der Waals surface area contributed by atoms with Gasteiger partial charge in [0.15, 0.2) is 0 Å². The molecule has 2 atom stereocenters. The molecule has 11 nitrogen and oxygen atoms in total. The van der Waals surface area contributed by atoms with Crippen LogP contribution in [0, 0.1) is 17.8 Å². The van der Waals surface area contributed by atoms with Gasteiger partial charge in [-0.2, -0.15) is 15.3 Å². The Morgan fingerprint density at radius 2 is 1.84 bits per heavy atom. The summed E-state index contributed by atoms with van der Waals surface area (Å²) in [5.74, 6) is 0.375. The van der Waals surface area contributed by atoms with Crippen molar-refractivity contribution in [3.63, 3.8) is 0 Å². The zero-order chi connectivity index (χ0) is 26.3. The Labute approximate surface area is 219 Å². The van der Waals surface area contributed by atoms with E-state index in [4.69, 9.17) is 11.6 Å². The second-order valence-electron chi connectivity index (χ2n) is 10.3. The minimum absolute atomic E-state index is 0.0148. The van der Waals surface area contributed by atoms with Gasteiger partial charge in [0, 0.05) is 24.0 Å². The molecule has 2 saturated carbocycles. The molecule has 0 spiro atoms. The third-order valence-electron chi connectivity index (χ3n) is 7.20. The molecule has 1 unspecified atom stereocenters. The molecule has 0 saturated heterocycles. The fraction of sp³-hybridized carbons (Fsp3) is 0.520. The third kappa shape index (κ3) is 5.46. The lowest BCUT2D eigenvalue weighted by Gasteiger charge is -2.27. The van der Waals surface area contributed by atoms with Crippen molar-refractivity contribution in [3.8, 4) is 0 Å². The van der Waals surface area contributed by atoms with Crippen molar-refractivity contribution < 1.29 is 9.59 Å². The van der Waals surface area contributed by atoms with Crippen LogP contribution in [0.25, 0.3) is 0 Å². The number of nitrogens with one attached hydrogen (secondary N) is 3. The summed E-state index contributed by atoms with van der Waals surface area (Å²) in [4.78, 5) is 39.1. The highest BCUT2D eigenvalue weighted by molar-refractivity contribution is 6.29. The largest absolute Gasteiger partial charge is 0.339 e. The molecule has 3 aromatic heterocycles. The summed E-state index contributed by atoms with van der Waals surface area (Å²) in [7, 11) is 0. The monoisotopic (exact) mass is 526 g/mol. The fourth-order valence-corrected chi connectivity index (χ4v) is 5.19. The molecule has 37 heavy (non-hydrogen) atoms. The van der Waals surface area contributed by atoms with Crippen molar-refractivity contribution in [1.29, 1.82) is 0 Å². The number of nitrogens with zero attached hydrogens (tertiary/aromatic N) is 5. The van der Waals surface area contributed by atoms with Crippen molar-refractivity contribution in [2.24, 2.45) is 17.8 Å². The lowest BCUT2D eigenvalue weighted by molar-refractivity contribution is -0.119. The number of H-pyrrole nitrogens is 1. The Bertz CT molecular complexity index is 1340. The Hall–Kier alpha value is -3.47. The van der Waals surface area contributed by atoms with E-state index in [0.29, 0.717) is 28.8 Å². The van der Waals surface area contributed by atoms with E-state index >= 15 is 0 Å². The lowest BCUT2D eigenvalue weighted by atomic mass is 9.88. The van der Waals surface area contributed by atoms with Crippen molar-refractivity contribution in [2.45, 2.75) is 64.6 Å². The van der Waals surface area contributed by atoms with Crippen molar-refractivity contribution >= 4 is 29.1 Å². The first kappa shape index (κ1) is 25.2. The number of hydrogen-bond donors (Lipinski definition) is 3. The first-order chi connectivity index (χ1) is 17.7. The number of carbonyl (C=O) groups excluding carboxylic acids is 2. The van der Waals surface area contributed by atoms with Gasteiger partial charge in [-0.1, -0.05) is 11.6 Å². The molecule has 0 radical (unpaired) electrons. The van der Waals surface area contributed by atoms with E-state index in [9.17, 15) is 14.4 Å². The van der Waals surface area contributed by atoms with Gasteiger partial charge in [0.05, 0.1) is 17.9 Å². The zero-order valence-electron chi connectivity index (χ0n) is 21.0. The highest BCUT2D eigenvalue weighted by Crippen LogP contribution is 2.51. The normalized spacial score (nSPS) is 17.1. The Kier molecular flexibility index (Phi) is 6.89. The SMILES string of the molecule is CC(c1cc(Cl)n[nH]c1=O)n1cc(NC(=O)[C@@H](NC(=O)c2ccnn2C(C)C)C(C2CC2)C2CC2)cn1. The maximum absolute atomic E-state index is 13.6. The van der Waals surface area contributed by atoms with Gasteiger partial charge < -0.3 is 10.6 Å². The predicted molar refractivity (Wildman–Crippen MR) is 137 cm³/mol. The molecule has 2 aliphatic carbocycles. The summed E-state index contributed by atoms with van der Waals surface area (Å²) in [6.45, 7) is 5.71. The summed E-state index contributed by atoms with van der Waals surface area (Å²) in [6, 6.07) is 2.07. The van der Waals surface area contributed by atoms with Crippen LogP contribution < -0.4 is 16.2 Å². The van der Waals surface area contributed by atoms with E-state index in [1.165, 1.54) is 12.3 Å². The average molecular weight is 527 g/mol. The number of hydrogen-bond acceptors (Lipinski definition) is 6. The van der Waals surface area contributed by atoms with E-state index in [-0.39, 0.29) is 34.5 Å². The summed E-state index contributed by atoms with van der Waals surface area (Å²) < 4.78 is 3.23. The highest BCUT2D eigenvalue weighted by atomic mass is 35.5. The molecule has 3 N–H and O–H groups in total. The van der Waals surface area contributed by atoms with Crippen molar-refractivity contribution in [3.05, 3.63) is 57.5 Å². The molecule has 5 rings (SSSR count). The number of amides is 2. The summed E-state index contributed by atoms with van der Waals surface area (Å²) in [6.07, 6.45) is 9.08. The molecular weight excluding hydrogens is 496 g/mol. The average Bonchev–Trinajstić information content (AvgIpc) is 3.78. The molecular formula is C25H31ClN8O3. The molecule has 3 heterocycles. The molecule has 2 aliphatic rings. The standard InChI is InChI=1S/C25H31ClN8O3/c1-13(2)34-19(8-9-27-34)24(36)30-22(21(15-4-5-15)16-6-7-16)25(37)29-17-11-28-33(12-17)14(3)18-10-20(26)31-32-23(18)35/h8-16,21-22H,4-7H2,1-3H3,(H,29,37)(H,30,36)(H,32,35)/t14?,22-/m0/s1. The van der Waals surface area contributed by atoms with Gasteiger partial charge in [0.1, 0.15) is 16.9 Å². The van der Waals surface area contributed by atoms with Crippen LogP contribution in [0.3, 0.4) is 0 Å². The molecule has 3 aromatic rings. The van der Waals surface area contributed by atoms with Gasteiger partial charge in [-0.15, -0.1) is 0 Å². The topological polar surface area (TPSA) is 140 Å². The second-order valence-corrected chi connectivity index (χ2v) is 10.7. The summed E-state index contributed by atoms with van der Waals surface area (Å²) >= 11 is 5.95. The number of rotatable bonds is 10. The minimum atomic E-state index is -0.675. The first-order valence-electron chi connectivity index (χ1n) is 12.7. The van der Waals surface area contributed by atoms with Crippen LogP contribution in [0.15, 0.2) is 35.5 Å². The maximum Gasteiger partial charge on any atom is 0.270 e. The Balaban J connectivity index is 1.36. The lowest BCUT2D eigenvalue weighted by Crippen LogP contribution is -2.50. The Morgan fingerprint density at radius 3 is 2.49 bits per heavy atom. The quantitative estimate of drug-likeness (QED) is 0.370. The van der Waals surface area contributed by atoms with Crippen LogP contribution in [0.4, 0.5) is 5.69 Å². The fourth-order valence-electron chi connectivity index (χ4n) is 5.03. The number of aromatic amines is 1. The minimum Gasteiger partial charge on any atom is -0.339 e. The maximum atomic E-state index is 13.6. The molecule has 0 aliphatic heterocycles. The second kappa shape index (κ2) is 10.1. The molecule has 12 heteroatoms. The number of halogens is 1. The molecule has 2 fully saturated rings. The molecule has 2 amide bonds. The zero-order valence-corrected chi connectivity index (χ0v) is 21.8. The van der Waals surface area contributed by atoms with Crippen LogP contribution in [0.1, 0.15) is 74.6 Å². The number of carbonyl (C=O) groups is 2. The summed E-state index contributed by atoms with van der Waals surface area (Å²) in [5, 5.41) is 20.8. The van der Waals surface area contributed by atoms with Crippen LogP contribution in [-0.4, -0.2) is 47.6 Å². The van der Waals surface area contributed by atoms with Crippen LogP contribution >= 0.6 is 11.6 Å². The number of aromatic nitrogens is 6. The van der Waals surface area contributed by atoms with Gasteiger partial charge in [-0.05, 0) is 76.3 Å². The van der Waals surface area contributed by atoms with Crippen molar-refractivity contribution in [1.82, 2.24) is 35.1 Å². The van der Waals surface area contributed by atoms with E-state index in [1.54, 1.807) is 34.7 Å². The van der Waals surface area contributed by atoms with E-state index in [1.807, 2.05) is 13.8 Å². The molecule has 0 aromatic carbocycles. The Morgan fingerprint density at radius 1 is 1.14 bits per heavy atom. The smallest absolute Gasteiger partial charge is 0.270 e. The van der Waals surface area contributed by atoms with E-state index in [0.717, 1.165) is 25.7 Å². The van der Waals surface area contributed by atoms with E-state index in [2.05, 4.69) is 31.0 Å². The number of anilines is 1. The van der Waals surface area contributed by atoms with Gasteiger partial charge in [0.25, 0.3) is 11.5 Å². The molecule has 0 bridgehead atoms. The van der Waals surface area contributed by atoms with Crippen LogP contribution in [-0.2, 0) is 4.79 Å². The van der Waals surface area contributed by atoms with Crippen LogP contribution in [0.5, 0.6) is 0 Å². The predicted octanol–water partition coefficient (Wildman–Crippen LogP) is 3.18. The summed E-state index contributed by atoms with van der Waals surface area (Å²) in [5.41, 5.74) is 0.944. The third-order valence-corrected chi connectivity index (χ3v) is 7.39. The first-order valence-corrected chi connectivity index (χ1v) is 13.0. The van der Waals surface area contributed by atoms with Gasteiger partial charge in [-0.25, -0.2) is 5.10 Å². The van der Waals surface area contributed by atoms with Gasteiger partial charge in [-0.3, -0.25) is 23.7 Å². The van der Waals surface area contributed by atoms with Gasteiger partial charge >= 0.3 is 0 Å². The van der Waals surface area contributed by atoms with Gasteiger partial charge in [0.2, 0.25) is 5.91 Å². The highest BCUT2D eigenvalue weighted by Gasteiger charge is 2.48. The van der Waals surface area contributed by atoms with Crippen molar-refractivity contribution in [2.75, 3.05) is 5.32 Å². The van der Waals surface area contributed by atoms with E-state index < -0.39 is 12.1 Å². The molecule has 196 valence electrons. The van der Waals surface area contributed by atoms with Crippen LogP contribution in [0.2, 0.25) is 5.15 Å².